The summed E-state index contributed by atoms with van der Waals surface area (Å²) in [6, 6.07) is 6.35. The third-order valence-electron chi connectivity index (χ3n) is 5.60. The van der Waals surface area contributed by atoms with Gasteiger partial charge in [-0.2, -0.15) is 0 Å². The van der Waals surface area contributed by atoms with Crippen molar-refractivity contribution in [3.8, 4) is 0 Å². The lowest BCUT2D eigenvalue weighted by molar-refractivity contribution is 0.0600. The van der Waals surface area contributed by atoms with E-state index >= 15 is 0 Å². The van der Waals surface area contributed by atoms with Crippen molar-refractivity contribution >= 4 is 5.97 Å². The smallest absolute Gasteiger partial charge is 0.337 e. The summed E-state index contributed by atoms with van der Waals surface area (Å²) in [5.74, 6) is 1.15. The molecule has 22 heavy (non-hydrogen) atoms. The lowest BCUT2D eigenvalue weighted by Crippen LogP contribution is -2.14. The minimum atomic E-state index is -0.202. The quantitative estimate of drug-likeness (QED) is 0.682. The lowest BCUT2D eigenvalue weighted by atomic mass is 9.75. The Morgan fingerprint density at radius 1 is 0.864 bits per heavy atom. The van der Waals surface area contributed by atoms with Gasteiger partial charge in [-0.15, -0.1) is 0 Å². The monoisotopic (exact) mass is 300 g/mol. The number of methoxy groups -OCH3 is 1. The van der Waals surface area contributed by atoms with Crippen LogP contribution >= 0.6 is 0 Å². The molecule has 2 aliphatic rings. The zero-order chi connectivity index (χ0) is 15.4. The first-order chi connectivity index (χ1) is 10.8. The first-order valence-corrected chi connectivity index (χ1v) is 9.01. The second-order valence-electron chi connectivity index (χ2n) is 7.01. The Balaban J connectivity index is 1.94. The van der Waals surface area contributed by atoms with Crippen LogP contribution in [0.1, 0.15) is 97.5 Å². The number of ether oxygens (including phenoxy) is 1. The van der Waals surface area contributed by atoms with Crippen molar-refractivity contribution < 1.29 is 9.53 Å². The molecule has 1 aromatic carbocycles. The largest absolute Gasteiger partial charge is 0.465 e. The molecule has 0 aromatic heterocycles. The molecule has 2 aliphatic carbocycles. The number of carbonyl (C=O) groups is 1. The summed E-state index contributed by atoms with van der Waals surface area (Å²) in [5.41, 5.74) is 3.70. The van der Waals surface area contributed by atoms with Crippen LogP contribution in [0.3, 0.4) is 0 Å². The molecular formula is C20H28O2. The predicted molar refractivity (Wildman–Crippen MR) is 89.4 cm³/mol. The molecule has 0 amide bonds. The Bertz CT molecular complexity index is 508. The van der Waals surface area contributed by atoms with E-state index in [0.29, 0.717) is 11.8 Å². The van der Waals surface area contributed by atoms with Crippen molar-refractivity contribution in [3.63, 3.8) is 0 Å². The van der Waals surface area contributed by atoms with Gasteiger partial charge in [-0.3, -0.25) is 0 Å². The minimum absolute atomic E-state index is 0.202. The molecule has 0 heterocycles. The number of hydrogen-bond donors (Lipinski definition) is 0. The van der Waals surface area contributed by atoms with E-state index in [9.17, 15) is 4.79 Å². The van der Waals surface area contributed by atoms with Gasteiger partial charge in [-0.25, -0.2) is 4.79 Å². The standard InChI is InChI=1S/C20H28O2/c1-22-20(21)17-12-13-18(15-8-4-2-5-9-15)19(14-17)16-10-6-3-7-11-16/h12-16H,2-11H2,1H3. The van der Waals surface area contributed by atoms with Gasteiger partial charge in [0.1, 0.15) is 0 Å². The highest BCUT2D eigenvalue weighted by molar-refractivity contribution is 5.89. The number of esters is 1. The maximum Gasteiger partial charge on any atom is 0.337 e. The molecule has 2 nitrogen and oxygen atoms in total. The summed E-state index contributed by atoms with van der Waals surface area (Å²) < 4.78 is 4.93. The highest BCUT2D eigenvalue weighted by Gasteiger charge is 2.25. The zero-order valence-electron chi connectivity index (χ0n) is 13.8. The van der Waals surface area contributed by atoms with Gasteiger partial charge >= 0.3 is 5.97 Å². The van der Waals surface area contributed by atoms with Crippen LogP contribution in [-0.4, -0.2) is 13.1 Å². The molecule has 0 atom stereocenters. The van der Waals surface area contributed by atoms with Gasteiger partial charge in [-0.05, 0) is 60.8 Å². The third kappa shape index (κ3) is 3.37. The Morgan fingerprint density at radius 3 is 1.95 bits per heavy atom. The van der Waals surface area contributed by atoms with Gasteiger partial charge < -0.3 is 4.74 Å². The molecule has 120 valence electrons. The number of carbonyl (C=O) groups excluding carboxylic acids is 1. The Hall–Kier alpha value is -1.31. The molecule has 0 N–H and O–H groups in total. The maximum atomic E-state index is 11.9. The van der Waals surface area contributed by atoms with Crippen LogP contribution < -0.4 is 0 Å². The number of rotatable bonds is 3. The van der Waals surface area contributed by atoms with Gasteiger partial charge in [-0.1, -0.05) is 44.6 Å². The van der Waals surface area contributed by atoms with Crippen LogP contribution in [0.25, 0.3) is 0 Å². The van der Waals surface area contributed by atoms with Crippen molar-refractivity contribution in [2.45, 2.75) is 76.0 Å². The average Bonchev–Trinajstić information content (AvgIpc) is 2.62. The van der Waals surface area contributed by atoms with Gasteiger partial charge in [0.15, 0.2) is 0 Å². The molecule has 1 aromatic rings. The highest BCUT2D eigenvalue weighted by Crippen LogP contribution is 2.41. The van der Waals surface area contributed by atoms with Gasteiger partial charge in [0.25, 0.3) is 0 Å². The van der Waals surface area contributed by atoms with Crippen LogP contribution in [0, 0.1) is 0 Å². The number of benzene rings is 1. The Labute approximate surface area is 134 Å². The molecule has 2 saturated carbocycles. The van der Waals surface area contributed by atoms with Gasteiger partial charge in [0, 0.05) is 0 Å². The van der Waals surface area contributed by atoms with Gasteiger partial charge in [0.05, 0.1) is 12.7 Å². The normalized spacial score (nSPS) is 20.8. The molecule has 0 saturated heterocycles. The van der Waals surface area contributed by atoms with Gasteiger partial charge in [0.2, 0.25) is 0 Å². The van der Waals surface area contributed by atoms with E-state index in [2.05, 4.69) is 12.1 Å². The van der Waals surface area contributed by atoms with Crippen molar-refractivity contribution in [3.05, 3.63) is 34.9 Å². The molecule has 0 bridgehead atoms. The van der Waals surface area contributed by atoms with Crippen LogP contribution in [0.4, 0.5) is 0 Å². The minimum Gasteiger partial charge on any atom is -0.465 e. The number of hydrogen-bond acceptors (Lipinski definition) is 2. The van der Waals surface area contributed by atoms with Crippen molar-refractivity contribution in [1.82, 2.24) is 0 Å². The fourth-order valence-corrected chi connectivity index (χ4v) is 4.37. The average molecular weight is 300 g/mol. The fraction of sp³-hybridized carbons (Fsp3) is 0.650. The van der Waals surface area contributed by atoms with E-state index in [4.69, 9.17) is 4.74 Å². The molecule has 3 rings (SSSR count). The van der Waals surface area contributed by atoms with Crippen LogP contribution in [0.15, 0.2) is 18.2 Å². The van der Waals surface area contributed by atoms with E-state index < -0.39 is 0 Å². The third-order valence-corrected chi connectivity index (χ3v) is 5.60. The maximum absolute atomic E-state index is 11.9. The molecule has 2 heteroatoms. The SMILES string of the molecule is COC(=O)c1ccc(C2CCCCC2)c(C2CCCCC2)c1. The van der Waals surface area contributed by atoms with E-state index in [-0.39, 0.29) is 5.97 Å². The molecule has 0 aliphatic heterocycles. The van der Waals surface area contributed by atoms with Crippen molar-refractivity contribution in [2.75, 3.05) is 7.11 Å². The Kier molecular flexibility index (Phi) is 5.17. The lowest BCUT2D eigenvalue weighted by Gasteiger charge is -2.30. The highest BCUT2D eigenvalue weighted by atomic mass is 16.5. The second kappa shape index (κ2) is 7.30. The predicted octanol–water partition coefficient (Wildman–Crippen LogP) is 5.57. The molecule has 0 radical (unpaired) electrons. The summed E-state index contributed by atoms with van der Waals surface area (Å²) in [5, 5.41) is 0. The Morgan fingerprint density at radius 2 is 1.41 bits per heavy atom. The van der Waals surface area contributed by atoms with E-state index in [0.717, 1.165) is 5.56 Å². The summed E-state index contributed by atoms with van der Waals surface area (Å²) in [6.45, 7) is 0. The molecular weight excluding hydrogens is 272 g/mol. The topological polar surface area (TPSA) is 26.3 Å². The van der Waals surface area contributed by atoms with E-state index in [1.54, 1.807) is 0 Å². The molecule has 0 spiro atoms. The van der Waals surface area contributed by atoms with Crippen LogP contribution in [-0.2, 0) is 4.74 Å². The van der Waals surface area contributed by atoms with Crippen LogP contribution in [0.5, 0.6) is 0 Å². The van der Waals surface area contributed by atoms with E-state index in [1.807, 2.05) is 6.07 Å². The second-order valence-corrected chi connectivity index (χ2v) is 7.01. The molecule has 2 fully saturated rings. The first kappa shape index (κ1) is 15.6. The first-order valence-electron chi connectivity index (χ1n) is 9.01. The summed E-state index contributed by atoms with van der Waals surface area (Å²) >= 11 is 0. The van der Waals surface area contributed by atoms with Crippen molar-refractivity contribution in [1.29, 1.82) is 0 Å². The zero-order valence-corrected chi connectivity index (χ0v) is 13.8. The summed E-state index contributed by atoms with van der Waals surface area (Å²) in [4.78, 5) is 11.9. The van der Waals surface area contributed by atoms with Crippen molar-refractivity contribution in [2.24, 2.45) is 0 Å². The summed E-state index contributed by atoms with van der Waals surface area (Å²) in [6.07, 6.45) is 13.3. The van der Waals surface area contributed by atoms with Crippen LogP contribution in [0.2, 0.25) is 0 Å². The fourth-order valence-electron chi connectivity index (χ4n) is 4.37. The summed E-state index contributed by atoms with van der Waals surface area (Å²) in [7, 11) is 1.47. The van der Waals surface area contributed by atoms with E-state index in [1.165, 1.54) is 82.4 Å². The molecule has 0 unspecified atom stereocenters.